The van der Waals surface area contributed by atoms with Gasteiger partial charge in [-0.25, -0.2) is 9.18 Å². The summed E-state index contributed by atoms with van der Waals surface area (Å²) in [5, 5.41) is 7.14. The Bertz CT molecular complexity index is 536. The van der Waals surface area contributed by atoms with Gasteiger partial charge in [-0.2, -0.15) is 10.2 Å². The number of benzene rings is 1. The topological polar surface area (TPSA) is 77.3 Å². The molecule has 20 heavy (non-hydrogen) atoms. The van der Waals surface area contributed by atoms with Gasteiger partial charge >= 0.3 is 5.97 Å². The van der Waals surface area contributed by atoms with Gasteiger partial charge in [-0.3, -0.25) is 4.79 Å². The molecule has 0 aliphatic rings. The summed E-state index contributed by atoms with van der Waals surface area (Å²) in [6, 6.07) is 2.83. The third-order valence-corrected chi connectivity index (χ3v) is 2.88. The summed E-state index contributed by atoms with van der Waals surface area (Å²) in [4.78, 5) is 23.1. The van der Waals surface area contributed by atoms with Crippen molar-refractivity contribution in [3.8, 4) is 0 Å². The molecule has 6 nitrogen and oxygen atoms in total. The number of ketones is 1. The fourth-order valence-corrected chi connectivity index (χ4v) is 1.71. The van der Waals surface area contributed by atoms with Crippen molar-refractivity contribution in [3.63, 3.8) is 0 Å². The van der Waals surface area contributed by atoms with E-state index in [2.05, 4.69) is 19.7 Å². The lowest BCUT2D eigenvalue weighted by Crippen LogP contribution is -2.31. The number of hydrogen-bond donors (Lipinski definition) is 0. The molecule has 0 N–H and O–H groups in total. The molecule has 0 aliphatic heterocycles. The smallest absolute Gasteiger partial charge is 0.340 e. The normalized spacial score (nSPS) is 12.4. The lowest BCUT2D eigenvalue weighted by Gasteiger charge is -2.07. The van der Waals surface area contributed by atoms with Crippen molar-refractivity contribution in [2.45, 2.75) is 6.04 Å². The summed E-state index contributed by atoms with van der Waals surface area (Å²) in [5.74, 6) is -2.08. The molecule has 0 aliphatic carbocycles. The van der Waals surface area contributed by atoms with Gasteiger partial charge in [0.2, 0.25) is 6.04 Å². The molecule has 0 bridgehead atoms. The third kappa shape index (κ3) is 4.60. The monoisotopic (exact) mass is 394 g/mol. The number of halogens is 2. The highest BCUT2D eigenvalue weighted by atomic mass is 127. The number of rotatable bonds is 6. The third-order valence-electron chi connectivity index (χ3n) is 2.21. The molecule has 1 unspecified atom stereocenters. The maximum atomic E-state index is 13.5. The number of carbonyl (C=O) groups is 2. The standard InChI is InChI=1S/C12H12FIN2O4/c1-19-6-10(17)11(12(18)20-2)16-15-9-4-3-7(14)5-8(9)13/h3-5,11H,6H2,1-2H3. The highest BCUT2D eigenvalue weighted by Crippen LogP contribution is 2.20. The Balaban J connectivity index is 2.96. The summed E-state index contributed by atoms with van der Waals surface area (Å²) < 4.78 is 23.3. The van der Waals surface area contributed by atoms with Gasteiger partial charge in [0.05, 0.1) is 7.11 Å². The number of nitrogens with zero attached hydrogens (tertiary/aromatic N) is 2. The van der Waals surface area contributed by atoms with Crippen LogP contribution in [0.4, 0.5) is 10.1 Å². The van der Waals surface area contributed by atoms with E-state index in [1.165, 1.54) is 19.2 Å². The zero-order valence-corrected chi connectivity index (χ0v) is 13.0. The molecule has 1 rings (SSSR count). The number of methoxy groups -OCH3 is 2. The van der Waals surface area contributed by atoms with Gasteiger partial charge in [-0.15, -0.1) is 0 Å². The van der Waals surface area contributed by atoms with Gasteiger partial charge in [-0.05, 0) is 40.8 Å². The molecule has 0 saturated carbocycles. The fourth-order valence-electron chi connectivity index (χ4n) is 1.26. The van der Waals surface area contributed by atoms with Gasteiger partial charge in [0.15, 0.2) is 11.6 Å². The lowest BCUT2D eigenvalue weighted by atomic mass is 10.2. The van der Waals surface area contributed by atoms with Crippen LogP contribution < -0.4 is 0 Å². The fraction of sp³-hybridized carbons (Fsp3) is 0.333. The molecule has 0 aromatic heterocycles. The second-order valence-electron chi connectivity index (χ2n) is 3.64. The minimum Gasteiger partial charge on any atom is -0.467 e. The van der Waals surface area contributed by atoms with Crippen LogP contribution in [0.5, 0.6) is 0 Å². The molecule has 0 amide bonds. The number of Topliss-reactive ketones (excluding diaryl/α,β-unsaturated/α-hetero) is 1. The van der Waals surface area contributed by atoms with Crippen LogP contribution in [0.15, 0.2) is 28.4 Å². The first-order valence-corrected chi connectivity index (χ1v) is 6.53. The first-order valence-electron chi connectivity index (χ1n) is 5.45. The minimum absolute atomic E-state index is 0.0652. The minimum atomic E-state index is -1.46. The maximum Gasteiger partial charge on any atom is 0.340 e. The van der Waals surface area contributed by atoms with Crippen molar-refractivity contribution in [1.29, 1.82) is 0 Å². The van der Waals surface area contributed by atoms with Gasteiger partial charge in [0.1, 0.15) is 12.3 Å². The largest absolute Gasteiger partial charge is 0.467 e. The average Bonchev–Trinajstić information content (AvgIpc) is 2.41. The Kier molecular flexibility index (Phi) is 6.65. The van der Waals surface area contributed by atoms with Crippen LogP contribution in [0.25, 0.3) is 0 Å². The summed E-state index contributed by atoms with van der Waals surface area (Å²) in [5.41, 5.74) is -0.0652. The average molecular weight is 394 g/mol. The van der Waals surface area contributed by atoms with Gasteiger partial charge in [0.25, 0.3) is 0 Å². The molecule has 8 heteroatoms. The van der Waals surface area contributed by atoms with Gasteiger partial charge in [-0.1, -0.05) is 0 Å². The van der Waals surface area contributed by atoms with E-state index in [0.29, 0.717) is 3.57 Å². The van der Waals surface area contributed by atoms with Crippen molar-refractivity contribution in [2.24, 2.45) is 10.2 Å². The second-order valence-corrected chi connectivity index (χ2v) is 4.88. The molecule has 0 spiro atoms. The van der Waals surface area contributed by atoms with Crippen molar-refractivity contribution < 1.29 is 23.5 Å². The van der Waals surface area contributed by atoms with Crippen molar-refractivity contribution in [3.05, 3.63) is 27.6 Å². The quantitative estimate of drug-likeness (QED) is 0.321. The molecule has 1 aromatic rings. The Morgan fingerprint density at radius 1 is 1.40 bits per heavy atom. The van der Waals surface area contributed by atoms with Crippen LogP contribution >= 0.6 is 22.6 Å². The molecular weight excluding hydrogens is 382 g/mol. The van der Waals surface area contributed by atoms with Crippen molar-refractivity contribution in [1.82, 2.24) is 0 Å². The van der Waals surface area contributed by atoms with Crippen LogP contribution in [-0.4, -0.2) is 38.6 Å². The van der Waals surface area contributed by atoms with E-state index < -0.39 is 23.6 Å². The first-order chi connectivity index (χ1) is 9.49. The molecule has 0 heterocycles. The van der Waals surface area contributed by atoms with Gasteiger partial charge in [0, 0.05) is 10.7 Å². The van der Waals surface area contributed by atoms with E-state index in [-0.39, 0.29) is 12.3 Å². The molecule has 0 saturated heterocycles. The predicted molar refractivity (Wildman–Crippen MR) is 76.3 cm³/mol. The molecule has 108 valence electrons. The van der Waals surface area contributed by atoms with E-state index in [4.69, 9.17) is 0 Å². The summed E-state index contributed by atoms with van der Waals surface area (Å²) in [7, 11) is 2.43. The zero-order chi connectivity index (χ0) is 15.1. The van der Waals surface area contributed by atoms with Crippen LogP contribution in [-0.2, 0) is 19.1 Å². The number of esters is 1. The zero-order valence-electron chi connectivity index (χ0n) is 10.8. The summed E-state index contributed by atoms with van der Waals surface area (Å²) >= 11 is 1.95. The molecule has 1 atom stereocenters. The Morgan fingerprint density at radius 2 is 2.10 bits per heavy atom. The van der Waals surface area contributed by atoms with Crippen molar-refractivity contribution >= 4 is 40.0 Å². The van der Waals surface area contributed by atoms with Gasteiger partial charge < -0.3 is 9.47 Å². The van der Waals surface area contributed by atoms with E-state index in [0.717, 1.165) is 7.11 Å². The number of ether oxygens (including phenoxy) is 2. The molecule has 0 fully saturated rings. The number of azo groups is 1. The number of carbonyl (C=O) groups excluding carboxylic acids is 2. The van der Waals surface area contributed by atoms with E-state index >= 15 is 0 Å². The van der Waals surface area contributed by atoms with Crippen LogP contribution in [0.3, 0.4) is 0 Å². The summed E-state index contributed by atoms with van der Waals surface area (Å²) in [6.07, 6.45) is 0. The maximum absolute atomic E-state index is 13.5. The molecular formula is C12H12FIN2O4. The second kappa shape index (κ2) is 8.00. The number of hydrogen-bond acceptors (Lipinski definition) is 6. The SMILES string of the molecule is COCC(=O)C(N=Nc1ccc(I)cc1F)C(=O)OC. The van der Waals surface area contributed by atoms with Crippen LogP contribution in [0.2, 0.25) is 0 Å². The van der Waals surface area contributed by atoms with E-state index in [1.54, 1.807) is 6.07 Å². The van der Waals surface area contributed by atoms with Crippen LogP contribution in [0, 0.1) is 9.39 Å². The Labute approximate surface area is 128 Å². The highest BCUT2D eigenvalue weighted by Gasteiger charge is 2.27. The molecule has 1 aromatic carbocycles. The highest BCUT2D eigenvalue weighted by molar-refractivity contribution is 14.1. The van der Waals surface area contributed by atoms with Crippen LogP contribution in [0.1, 0.15) is 0 Å². The predicted octanol–water partition coefficient (Wildman–Crippen LogP) is 2.27. The van der Waals surface area contributed by atoms with E-state index in [9.17, 15) is 14.0 Å². The summed E-state index contributed by atoms with van der Waals surface area (Å²) in [6.45, 7) is -0.312. The van der Waals surface area contributed by atoms with E-state index in [1.807, 2.05) is 22.6 Å². The Morgan fingerprint density at radius 3 is 2.65 bits per heavy atom. The lowest BCUT2D eigenvalue weighted by molar-refractivity contribution is -0.146. The molecule has 0 radical (unpaired) electrons. The van der Waals surface area contributed by atoms with Crippen molar-refractivity contribution in [2.75, 3.05) is 20.8 Å². The Hall–Kier alpha value is -1.42. The first kappa shape index (κ1) is 16.6.